The fourth-order valence-corrected chi connectivity index (χ4v) is 2.53. The zero-order valence-electron chi connectivity index (χ0n) is 11.0. The molecular weight excluding hydrogens is 308 g/mol. The van der Waals surface area contributed by atoms with Crippen LogP contribution in [0.3, 0.4) is 0 Å². The summed E-state index contributed by atoms with van der Waals surface area (Å²) in [5.41, 5.74) is 1.23. The second kappa shape index (κ2) is 7.03. The van der Waals surface area contributed by atoms with Crippen LogP contribution < -0.4 is 10.6 Å². The lowest BCUT2D eigenvalue weighted by Crippen LogP contribution is -2.51. The van der Waals surface area contributed by atoms with Crippen molar-refractivity contribution in [3.05, 3.63) is 34.3 Å². The van der Waals surface area contributed by atoms with Crippen LogP contribution in [0.15, 0.2) is 28.7 Å². The number of hydrogen-bond acceptors (Lipinski definition) is 4. The summed E-state index contributed by atoms with van der Waals surface area (Å²) in [7, 11) is 0. The molecule has 2 rings (SSSR count). The van der Waals surface area contributed by atoms with Gasteiger partial charge < -0.3 is 15.4 Å². The van der Waals surface area contributed by atoms with E-state index in [2.05, 4.69) is 38.7 Å². The molecule has 1 aliphatic heterocycles. The van der Waals surface area contributed by atoms with Crippen molar-refractivity contribution in [2.24, 2.45) is 0 Å². The molecular formula is C14H19BrN2O2. The molecule has 5 heteroatoms. The van der Waals surface area contributed by atoms with Crippen LogP contribution >= 0.6 is 15.9 Å². The number of carbonyl (C=O) groups excluding carboxylic acids is 1. The van der Waals surface area contributed by atoms with Gasteiger partial charge in [0.2, 0.25) is 0 Å². The Bertz CT molecular complexity index is 422. The number of esters is 1. The fourth-order valence-electron chi connectivity index (χ4n) is 2.27. The molecule has 0 aliphatic carbocycles. The van der Waals surface area contributed by atoms with E-state index in [9.17, 15) is 4.79 Å². The van der Waals surface area contributed by atoms with Gasteiger partial charge in [-0.2, -0.15) is 0 Å². The molecule has 0 aromatic heterocycles. The number of rotatable bonds is 4. The van der Waals surface area contributed by atoms with E-state index in [4.69, 9.17) is 4.74 Å². The predicted molar refractivity (Wildman–Crippen MR) is 77.9 cm³/mol. The molecule has 19 heavy (non-hydrogen) atoms. The molecule has 1 heterocycles. The van der Waals surface area contributed by atoms with Crippen LogP contribution in [-0.2, 0) is 9.53 Å². The summed E-state index contributed by atoms with van der Waals surface area (Å²) >= 11 is 3.43. The molecule has 104 valence electrons. The van der Waals surface area contributed by atoms with Crippen molar-refractivity contribution in [3.63, 3.8) is 0 Å². The zero-order valence-corrected chi connectivity index (χ0v) is 12.6. The summed E-state index contributed by atoms with van der Waals surface area (Å²) in [5, 5.41) is 6.86. The lowest BCUT2D eigenvalue weighted by Gasteiger charge is -2.31. The molecule has 1 aromatic rings. The normalized spacial score (nSPS) is 23.1. The van der Waals surface area contributed by atoms with Gasteiger partial charge in [-0.25, -0.2) is 0 Å². The average Bonchev–Trinajstić information content (AvgIpc) is 2.40. The molecule has 0 spiro atoms. The van der Waals surface area contributed by atoms with Crippen LogP contribution in [0.25, 0.3) is 0 Å². The summed E-state index contributed by atoms with van der Waals surface area (Å²) in [6.45, 7) is 3.94. The zero-order chi connectivity index (χ0) is 13.7. The Kier molecular flexibility index (Phi) is 5.36. The van der Waals surface area contributed by atoms with Crippen molar-refractivity contribution < 1.29 is 9.53 Å². The molecule has 0 saturated carbocycles. The summed E-state index contributed by atoms with van der Waals surface area (Å²) in [4.78, 5) is 11.5. The monoisotopic (exact) mass is 326 g/mol. The molecule has 4 nitrogen and oxygen atoms in total. The van der Waals surface area contributed by atoms with E-state index >= 15 is 0 Å². The summed E-state index contributed by atoms with van der Waals surface area (Å²) in [6, 6.07) is 8.62. The van der Waals surface area contributed by atoms with Gasteiger partial charge in [-0.1, -0.05) is 28.1 Å². The molecule has 2 atom stereocenters. The van der Waals surface area contributed by atoms with Gasteiger partial charge in [0.05, 0.1) is 13.0 Å². The maximum absolute atomic E-state index is 11.5. The highest BCUT2D eigenvalue weighted by Gasteiger charge is 2.24. The smallest absolute Gasteiger partial charge is 0.307 e. The van der Waals surface area contributed by atoms with Crippen molar-refractivity contribution in [3.8, 4) is 0 Å². The summed E-state index contributed by atoms with van der Waals surface area (Å²) in [6.07, 6.45) is 0.411. The third-order valence-electron chi connectivity index (χ3n) is 3.17. The molecule has 0 bridgehead atoms. The first-order valence-corrected chi connectivity index (χ1v) is 7.36. The van der Waals surface area contributed by atoms with Crippen LogP contribution in [0.1, 0.15) is 24.9 Å². The maximum Gasteiger partial charge on any atom is 0.307 e. The Morgan fingerprint density at radius 1 is 1.37 bits per heavy atom. The third-order valence-corrected chi connectivity index (χ3v) is 3.70. The maximum atomic E-state index is 11.5. The predicted octanol–water partition coefficient (Wildman–Crippen LogP) is 2.00. The molecule has 1 fully saturated rings. The minimum Gasteiger partial charge on any atom is -0.466 e. The Balaban J connectivity index is 1.93. The SMILES string of the molecule is CCOC(=O)C[C@@H]1CNC[C@@H](c2ccc(Br)cc2)N1. The first-order chi connectivity index (χ1) is 9.19. The van der Waals surface area contributed by atoms with Crippen molar-refractivity contribution in [1.82, 2.24) is 10.6 Å². The van der Waals surface area contributed by atoms with Crippen LogP contribution in [0.5, 0.6) is 0 Å². The van der Waals surface area contributed by atoms with Gasteiger partial charge in [-0.05, 0) is 24.6 Å². The molecule has 0 amide bonds. The number of benzene rings is 1. The molecule has 0 radical (unpaired) electrons. The van der Waals surface area contributed by atoms with Crippen molar-refractivity contribution in [2.45, 2.75) is 25.4 Å². The quantitative estimate of drug-likeness (QED) is 0.831. The largest absolute Gasteiger partial charge is 0.466 e. The van der Waals surface area contributed by atoms with Gasteiger partial charge >= 0.3 is 5.97 Å². The Hall–Kier alpha value is -0.910. The van der Waals surface area contributed by atoms with E-state index < -0.39 is 0 Å². The van der Waals surface area contributed by atoms with Crippen LogP contribution in [-0.4, -0.2) is 31.7 Å². The highest BCUT2D eigenvalue weighted by atomic mass is 79.9. The number of halogens is 1. The fraction of sp³-hybridized carbons (Fsp3) is 0.500. The van der Waals surface area contributed by atoms with E-state index in [-0.39, 0.29) is 18.1 Å². The van der Waals surface area contributed by atoms with Crippen LogP contribution in [0, 0.1) is 0 Å². The van der Waals surface area contributed by atoms with E-state index in [1.807, 2.05) is 19.1 Å². The molecule has 1 aromatic carbocycles. The Morgan fingerprint density at radius 2 is 2.11 bits per heavy atom. The summed E-state index contributed by atoms with van der Waals surface area (Å²) < 4.78 is 6.06. The Labute approximate surface area is 122 Å². The Morgan fingerprint density at radius 3 is 2.79 bits per heavy atom. The first kappa shape index (κ1) is 14.5. The molecule has 1 aliphatic rings. The van der Waals surface area contributed by atoms with E-state index in [0.29, 0.717) is 13.0 Å². The topological polar surface area (TPSA) is 50.4 Å². The van der Waals surface area contributed by atoms with Gasteiger partial charge in [-0.15, -0.1) is 0 Å². The van der Waals surface area contributed by atoms with Crippen molar-refractivity contribution in [1.29, 1.82) is 0 Å². The minimum atomic E-state index is -0.141. The second-order valence-electron chi connectivity index (χ2n) is 4.64. The number of ether oxygens (including phenoxy) is 1. The third kappa shape index (κ3) is 4.30. The number of nitrogens with one attached hydrogen (secondary N) is 2. The first-order valence-electron chi connectivity index (χ1n) is 6.57. The van der Waals surface area contributed by atoms with Gasteiger partial charge in [-0.3, -0.25) is 4.79 Å². The van der Waals surface area contributed by atoms with E-state index in [1.165, 1.54) is 5.56 Å². The van der Waals surface area contributed by atoms with Gasteiger partial charge in [0.25, 0.3) is 0 Å². The lowest BCUT2D eigenvalue weighted by atomic mass is 10.0. The number of carbonyl (C=O) groups is 1. The highest BCUT2D eigenvalue weighted by Crippen LogP contribution is 2.19. The van der Waals surface area contributed by atoms with E-state index in [0.717, 1.165) is 17.6 Å². The van der Waals surface area contributed by atoms with Crippen molar-refractivity contribution >= 4 is 21.9 Å². The molecule has 1 saturated heterocycles. The lowest BCUT2D eigenvalue weighted by molar-refractivity contribution is -0.143. The number of hydrogen-bond donors (Lipinski definition) is 2. The van der Waals surface area contributed by atoms with Crippen molar-refractivity contribution in [2.75, 3.05) is 19.7 Å². The summed E-state index contributed by atoms with van der Waals surface area (Å²) in [5.74, 6) is -0.141. The van der Waals surface area contributed by atoms with Gasteiger partial charge in [0.15, 0.2) is 0 Å². The minimum absolute atomic E-state index is 0.126. The van der Waals surface area contributed by atoms with Gasteiger partial charge in [0, 0.05) is 29.6 Å². The molecule has 0 unspecified atom stereocenters. The van der Waals surface area contributed by atoms with Crippen LogP contribution in [0.4, 0.5) is 0 Å². The molecule has 2 N–H and O–H groups in total. The van der Waals surface area contributed by atoms with Crippen LogP contribution in [0.2, 0.25) is 0 Å². The van der Waals surface area contributed by atoms with E-state index in [1.54, 1.807) is 0 Å². The standard InChI is InChI=1S/C14H19BrN2O2/c1-2-19-14(18)7-12-8-16-9-13(17-12)10-3-5-11(15)6-4-10/h3-6,12-13,16-17H,2,7-9H2,1H3/t12-,13+/m1/s1. The highest BCUT2D eigenvalue weighted by molar-refractivity contribution is 9.10. The average molecular weight is 327 g/mol. The second-order valence-corrected chi connectivity index (χ2v) is 5.55. The van der Waals surface area contributed by atoms with Gasteiger partial charge in [0.1, 0.15) is 0 Å². The number of piperazine rings is 1.